The highest BCUT2D eigenvalue weighted by Gasteiger charge is 2.19. The molecule has 0 bridgehead atoms. The van der Waals surface area contributed by atoms with Crippen LogP contribution in [0, 0.1) is 0 Å². The van der Waals surface area contributed by atoms with E-state index in [0.29, 0.717) is 0 Å². The fraction of sp³-hybridized carbons (Fsp3) is 0. The van der Waals surface area contributed by atoms with Crippen LogP contribution in [0.4, 0.5) is 17.1 Å². The quantitative estimate of drug-likeness (QED) is 0.168. The summed E-state index contributed by atoms with van der Waals surface area (Å²) in [5, 5.41) is 9.54. The Morgan fingerprint density at radius 1 is 0.306 bits per heavy atom. The van der Waals surface area contributed by atoms with E-state index in [4.69, 9.17) is 8.83 Å². The van der Waals surface area contributed by atoms with Crippen molar-refractivity contribution in [2.75, 3.05) is 4.90 Å². The van der Waals surface area contributed by atoms with Gasteiger partial charge in [-0.1, -0.05) is 140 Å². The van der Waals surface area contributed by atoms with Gasteiger partial charge in [0.2, 0.25) is 0 Å². The molecule has 10 aromatic carbocycles. The molecule has 0 aliphatic heterocycles. The molecule has 0 saturated heterocycles. The van der Waals surface area contributed by atoms with E-state index in [1.165, 1.54) is 64.1 Å². The summed E-state index contributed by atoms with van der Waals surface area (Å²) in [5.41, 5.74) is 13.8. The summed E-state index contributed by atoms with van der Waals surface area (Å²) in [7, 11) is 0. The number of rotatable bonds is 6. The van der Waals surface area contributed by atoms with Crippen molar-refractivity contribution in [1.29, 1.82) is 0 Å². The fourth-order valence-corrected chi connectivity index (χ4v) is 10.9. The molecule has 0 aliphatic carbocycles. The zero-order valence-corrected chi connectivity index (χ0v) is 34.2. The van der Waals surface area contributed by atoms with Crippen molar-refractivity contribution in [2.24, 2.45) is 0 Å². The van der Waals surface area contributed by atoms with Crippen LogP contribution in [0.5, 0.6) is 0 Å². The molecule has 0 aliphatic rings. The first-order valence-corrected chi connectivity index (χ1v) is 21.8. The molecule has 0 atom stereocenters. The summed E-state index contributed by atoms with van der Waals surface area (Å²) >= 11 is 1.85. The van der Waals surface area contributed by atoms with E-state index in [1.807, 2.05) is 17.4 Å². The summed E-state index contributed by atoms with van der Waals surface area (Å²) in [6, 6.07) is 76.0. The van der Waals surface area contributed by atoms with Crippen LogP contribution in [0.15, 0.2) is 221 Å². The highest BCUT2D eigenvalue weighted by atomic mass is 32.1. The topological polar surface area (TPSA) is 29.5 Å². The Hall–Kier alpha value is -7.92. The zero-order valence-electron chi connectivity index (χ0n) is 33.4. The number of thiophene rings is 1. The molecule has 3 aromatic heterocycles. The van der Waals surface area contributed by atoms with E-state index in [0.717, 1.165) is 61.1 Å². The fourth-order valence-electron chi connectivity index (χ4n) is 9.51. The lowest BCUT2D eigenvalue weighted by molar-refractivity contribution is 0.669. The van der Waals surface area contributed by atoms with E-state index in [-0.39, 0.29) is 0 Å². The average molecular weight is 810 g/mol. The molecule has 0 amide bonds. The van der Waals surface area contributed by atoms with E-state index in [9.17, 15) is 0 Å². The number of anilines is 3. The Labute approximate surface area is 360 Å². The minimum Gasteiger partial charge on any atom is -0.456 e. The molecule has 13 aromatic rings. The van der Waals surface area contributed by atoms with Crippen molar-refractivity contribution in [2.45, 2.75) is 0 Å². The highest BCUT2D eigenvalue weighted by Crippen LogP contribution is 2.46. The van der Waals surface area contributed by atoms with Crippen molar-refractivity contribution in [3.05, 3.63) is 212 Å². The number of hydrogen-bond acceptors (Lipinski definition) is 4. The Balaban J connectivity index is 0.916. The van der Waals surface area contributed by atoms with E-state index < -0.39 is 0 Å². The van der Waals surface area contributed by atoms with Gasteiger partial charge in [0.15, 0.2) is 0 Å². The molecular formula is C58H35NO2S. The molecule has 3 heterocycles. The van der Waals surface area contributed by atoms with E-state index in [1.54, 1.807) is 0 Å². The van der Waals surface area contributed by atoms with Gasteiger partial charge in [-0.15, -0.1) is 11.3 Å². The van der Waals surface area contributed by atoms with Crippen LogP contribution >= 0.6 is 11.3 Å². The number of para-hydroxylation sites is 1. The molecule has 0 saturated carbocycles. The number of nitrogens with zero attached hydrogens (tertiary/aromatic N) is 1. The summed E-state index contributed by atoms with van der Waals surface area (Å²) < 4.78 is 15.6. The zero-order chi connectivity index (χ0) is 40.7. The van der Waals surface area contributed by atoms with Gasteiger partial charge in [-0.05, 0) is 111 Å². The number of furan rings is 2. The van der Waals surface area contributed by atoms with Crippen molar-refractivity contribution in [3.63, 3.8) is 0 Å². The van der Waals surface area contributed by atoms with Gasteiger partial charge in [-0.25, -0.2) is 0 Å². The third-order valence-electron chi connectivity index (χ3n) is 12.5. The molecule has 0 unspecified atom stereocenters. The molecule has 13 rings (SSSR count). The van der Waals surface area contributed by atoms with E-state index in [2.05, 4.69) is 211 Å². The van der Waals surface area contributed by atoms with Crippen LogP contribution < -0.4 is 4.90 Å². The number of fused-ring (bicyclic) bond motifs is 11. The standard InChI is InChI=1S/C58H35NO2S/c1-2-10-36(11-3-1)37-20-25-41(26-21-37)59(42-27-22-39(23-28-42)45-16-8-13-38-12-4-5-14-44(38)45)43-29-31-48-47-30-24-40(34-54(47)61-55(48)35-43)46-17-9-18-49-50-32-33-53-56(58(50)62-57(46)49)51-15-6-7-19-52(51)60-53/h1-35H. The Kier molecular flexibility index (Phi) is 7.78. The highest BCUT2D eigenvalue weighted by molar-refractivity contribution is 7.27. The Morgan fingerprint density at radius 2 is 0.871 bits per heavy atom. The predicted octanol–water partition coefficient (Wildman–Crippen LogP) is 17.5. The molecule has 0 spiro atoms. The molecular weight excluding hydrogens is 775 g/mol. The molecule has 0 fully saturated rings. The maximum absolute atomic E-state index is 6.80. The van der Waals surface area contributed by atoms with Crippen molar-refractivity contribution in [3.8, 4) is 33.4 Å². The van der Waals surface area contributed by atoms with Crippen LogP contribution in [0.3, 0.4) is 0 Å². The second kappa shape index (κ2) is 13.8. The van der Waals surface area contributed by atoms with Gasteiger partial charge in [0, 0.05) is 64.8 Å². The molecule has 290 valence electrons. The lowest BCUT2D eigenvalue weighted by Gasteiger charge is -2.26. The lowest BCUT2D eigenvalue weighted by Crippen LogP contribution is -2.09. The average Bonchev–Trinajstić information content (AvgIpc) is 4.03. The van der Waals surface area contributed by atoms with Crippen LogP contribution in [0.2, 0.25) is 0 Å². The molecule has 62 heavy (non-hydrogen) atoms. The van der Waals surface area contributed by atoms with Gasteiger partial charge in [-0.3, -0.25) is 0 Å². The monoisotopic (exact) mass is 809 g/mol. The van der Waals surface area contributed by atoms with Crippen molar-refractivity contribution in [1.82, 2.24) is 0 Å². The molecule has 4 heteroatoms. The van der Waals surface area contributed by atoms with Crippen LogP contribution in [0.25, 0.3) is 108 Å². The number of hydrogen-bond donors (Lipinski definition) is 0. The van der Waals surface area contributed by atoms with Crippen LogP contribution in [-0.2, 0) is 0 Å². The Bertz CT molecular complexity index is 3850. The second-order valence-corrected chi connectivity index (χ2v) is 17.0. The van der Waals surface area contributed by atoms with Gasteiger partial charge in [0.05, 0.1) is 0 Å². The number of benzene rings is 10. The van der Waals surface area contributed by atoms with Gasteiger partial charge < -0.3 is 13.7 Å². The van der Waals surface area contributed by atoms with Gasteiger partial charge in [0.1, 0.15) is 22.3 Å². The first-order chi connectivity index (χ1) is 30.7. The normalized spacial score (nSPS) is 11.9. The largest absolute Gasteiger partial charge is 0.456 e. The summed E-state index contributed by atoms with van der Waals surface area (Å²) in [6.45, 7) is 0. The summed E-state index contributed by atoms with van der Waals surface area (Å²) in [4.78, 5) is 2.32. The first-order valence-electron chi connectivity index (χ1n) is 21.0. The minimum absolute atomic E-state index is 0.849. The van der Waals surface area contributed by atoms with Gasteiger partial charge in [-0.2, -0.15) is 0 Å². The Morgan fingerprint density at radius 3 is 1.71 bits per heavy atom. The molecule has 0 radical (unpaired) electrons. The van der Waals surface area contributed by atoms with Crippen molar-refractivity contribution >= 4 is 103 Å². The summed E-state index contributed by atoms with van der Waals surface area (Å²) in [5.74, 6) is 0. The van der Waals surface area contributed by atoms with Crippen molar-refractivity contribution < 1.29 is 8.83 Å². The smallest absolute Gasteiger partial charge is 0.137 e. The summed E-state index contributed by atoms with van der Waals surface area (Å²) in [6.07, 6.45) is 0. The second-order valence-electron chi connectivity index (χ2n) is 16.0. The first kappa shape index (κ1) is 34.9. The molecule has 0 N–H and O–H groups in total. The SMILES string of the molecule is c1ccc(-c2ccc(N(c3ccc(-c4cccc5ccccc45)cc3)c3ccc4c(c3)oc3cc(-c5cccc6c5sc5c6ccc6oc7ccccc7c65)ccc34)cc2)cc1. The van der Waals surface area contributed by atoms with Crippen LogP contribution in [0.1, 0.15) is 0 Å². The van der Waals surface area contributed by atoms with Crippen LogP contribution in [-0.4, -0.2) is 0 Å². The van der Waals surface area contributed by atoms with E-state index >= 15 is 0 Å². The third-order valence-corrected chi connectivity index (χ3v) is 13.8. The van der Waals surface area contributed by atoms with Gasteiger partial charge >= 0.3 is 0 Å². The van der Waals surface area contributed by atoms with Gasteiger partial charge in [0.25, 0.3) is 0 Å². The molecule has 3 nitrogen and oxygen atoms in total. The maximum Gasteiger partial charge on any atom is 0.137 e. The lowest BCUT2D eigenvalue weighted by atomic mass is 9.98. The third kappa shape index (κ3) is 5.51. The maximum atomic E-state index is 6.80. The predicted molar refractivity (Wildman–Crippen MR) is 262 cm³/mol. The minimum atomic E-state index is 0.849.